The number of benzene rings is 2. The third kappa shape index (κ3) is 2.20. The van der Waals surface area contributed by atoms with E-state index in [1.807, 2.05) is 61.6 Å². The van der Waals surface area contributed by atoms with Crippen LogP contribution < -0.4 is 4.90 Å². The summed E-state index contributed by atoms with van der Waals surface area (Å²) >= 11 is 0. The van der Waals surface area contributed by atoms with E-state index in [9.17, 15) is 9.59 Å². The standard InChI is InChI=1S/C23H23NO2/c1-15-13-19-22(26)24(3)20-12-8-7-11-18(20)23(19,14-16(15)2)21(25)17-9-5-4-6-10-17/h4-12,19H,13-14H2,1-3H3/t19-,23+/m0/s1. The monoisotopic (exact) mass is 345 g/mol. The summed E-state index contributed by atoms with van der Waals surface area (Å²) in [6.45, 7) is 4.18. The maximum atomic E-state index is 13.8. The van der Waals surface area contributed by atoms with Gasteiger partial charge in [-0.15, -0.1) is 0 Å². The molecule has 3 heteroatoms. The highest BCUT2D eigenvalue weighted by Gasteiger charge is 2.56. The van der Waals surface area contributed by atoms with Gasteiger partial charge >= 0.3 is 0 Å². The highest BCUT2D eigenvalue weighted by Crippen LogP contribution is 2.53. The fraction of sp³-hybridized carbons (Fsp3) is 0.304. The van der Waals surface area contributed by atoms with Crippen LogP contribution in [0.15, 0.2) is 65.7 Å². The zero-order valence-corrected chi connectivity index (χ0v) is 15.5. The maximum absolute atomic E-state index is 13.8. The van der Waals surface area contributed by atoms with Crippen LogP contribution in [0.1, 0.15) is 42.6 Å². The molecule has 0 fully saturated rings. The van der Waals surface area contributed by atoms with Crippen molar-refractivity contribution in [2.24, 2.45) is 5.92 Å². The second-order valence-electron chi connectivity index (χ2n) is 7.58. The molecule has 0 saturated carbocycles. The zero-order valence-electron chi connectivity index (χ0n) is 15.5. The van der Waals surface area contributed by atoms with Crippen LogP contribution in [0.4, 0.5) is 5.69 Å². The van der Waals surface area contributed by atoms with Gasteiger partial charge in [-0.1, -0.05) is 59.7 Å². The Morgan fingerprint density at radius 3 is 2.38 bits per heavy atom. The van der Waals surface area contributed by atoms with E-state index in [4.69, 9.17) is 0 Å². The summed E-state index contributed by atoms with van der Waals surface area (Å²) in [6, 6.07) is 17.3. The molecule has 1 heterocycles. The first-order valence-corrected chi connectivity index (χ1v) is 9.09. The van der Waals surface area contributed by atoms with Crippen LogP contribution in [-0.2, 0) is 10.2 Å². The summed E-state index contributed by atoms with van der Waals surface area (Å²) in [5.74, 6) is -0.248. The van der Waals surface area contributed by atoms with Crippen LogP contribution in [0.25, 0.3) is 0 Å². The predicted molar refractivity (Wildman–Crippen MR) is 103 cm³/mol. The van der Waals surface area contributed by atoms with Gasteiger partial charge in [0.15, 0.2) is 5.78 Å². The van der Waals surface area contributed by atoms with Crippen molar-refractivity contribution in [1.82, 2.24) is 0 Å². The smallest absolute Gasteiger partial charge is 0.231 e. The van der Waals surface area contributed by atoms with Crippen LogP contribution in [0.5, 0.6) is 0 Å². The van der Waals surface area contributed by atoms with Gasteiger partial charge in [0.05, 0.1) is 11.3 Å². The van der Waals surface area contributed by atoms with E-state index in [1.54, 1.807) is 4.90 Å². The summed E-state index contributed by atoms with van der Waals surface area (Å²) in [4.78, 5) is 28.8. The van der Waals surface area contributed by atoms with Crippen molar-refractivity contribution < 1.29 is 9.59 Å². The lowest BCUT2D eigenvalue weighted by atomic mass is 9.56. The lowest BCUT2D eigenvalue weighted by Gasteiger charge is -2.49. The minimum absolute atomic E-state index is 0.0415. The minimum atomic E-state index is -0.814. The number of carbonyl (C=O) groups excluding carboxylic acids is 2. The molecule has 0 radical (unpaired) electrons. The molecule has 2 aromatic rings. The predicted octanol–water partition coefficient (Wildman–Crippen LogP) is 4.53. The van der Waals surface area contributed by atoms with E-state index in [2.05, 4.69) is 13.8 Å². The van der Waals surface area contributed by atoms with Gasteiger partial charge < -0.3 is 4.90 Å². The van der Waals surface area contributed by atoms with Crippen molar-refractivity contribution in [3.8, 4) is 0 Å². The second-order valence-corrected chi connectivity index (χ2v) is 7.58. The van der Waals surface area contributed by atoms with Gasteiger partial charge in [0.2, 0.25) is 5.91 Å². The van der Waals surface area contributed by atoms with Gasteiger partial charge in [0.1, 0.15) is 0 Å². The molecule has 0 bridgehead atoms. The normalized spacial score (nSPS) is 25.0. The number of fused-ring (bicyclic) bond motifs is 3. The van der Waals surface area contributed by atoms with E-state index in [0.29, 0.717) is 18.4 Å². The van der Waals surface area contributed by atoms with E-state index >= 15 is 0 Å². The van der Waals surface area contributed by atoms with Crippen LogP contribution in [0, 0.1) is 5.92 Å². The molecule has 132 valence electrons. The Morgan fingerprint density at radius 2 is 1.65 bits per heavy atom. The molecular formula is C23H23NO2. The quantitative estimate of drug-likeness (QED) is 0.592. The lowest BCUT2D eigenvalue weighted by molar-refractivity contribution is -0.124. The molecule has 2 aliphatic rings. The van der Waals surface area contributed by atoms with Crippen LogP contribution in [-0.4, -0.2) is 18.7 Å². The molecule has 2 atom stereocenters. The fourth-order valence-electron chi connectivity index (χ4n) is 4.63. The summed E-state index contributed by atoms with van der Waals surface area (Å²) in [5, 5.41) is 0. The van der Waals surface area contributed by atoms with E-state index in [-0.39, 0.29) is 17.6 Å². The van der Waals surface area contributed by atoms with Crippen LogP contribution in [0.2, 0.25) is 0 Å². The number of nitrogens with zero attached hydrogens (tertiary/aromatic N) is 1. The number of ketones is 1. The summed E-state index contributed by atoms with van der Waals surface area (Å²) in [7, 11) is 1.82. The number of carbonyl (C=O) groups is 2. The largest absolute Gasteiger partial charge is 0.315 e. The van der Waals surface area contributed by atoms with E-state index in [1.165, 1.54) is 11.1 Å². The Balaban J connectivity index is 2.02. The van der Waals surface area contributed by atoms with Crippen LogP contribution >= 0.6 is 0 Å². The third-order valence-corrected chi connectivity index (χ3v) is 6.19. The molecule has 26 heavy (non-hydrogen) atoms. The average molecular weight is 345 g/mol. The molecule has 2 aromatic carbocycles. The first kappa shape index (κ1) is 16.8. The molecule has 1 amide bonds. The topological polar surface area (TPSA) is 37.4 Å². The molecule has 0 aromatic heterocycles. The number of allylic oxidation sites excluding steroid dienone is 2. The van der Waals surface area contributed by atoms with Gasteiger partial charge in [-0.3, -0.25) is 9.59 Å². The number of rotatable bonds is 2. The number of hydrogen-bond acceptors (Lipinski definition) is 2. The van der Waals surface area contributed by atoms with Gasteiger partial charge in [-0.2, -0.15) is 0 Å². The maximum Gasteiger partial charge on any atom is 0.231 e. The molecule has 0 N–H and O–H groups in total. The number of hydrogen-bond donors (Lipinski definition) is 0. The number of anilines is 1. The molecule has 0 spiro atoms. The minimum Gasteiger partial charge on any atom is -0.315 e. The average Bonchev–Trinajstić information content (AvgIpc) is 2.68. The summed E-state index contributed by atoms with van der Waals surface area (Å²) in [5.41, 5.74) is 4.14. The van der Waals surface area contributed by atoms with Crippen molar-refractivity contribution in [2.75, 3.05) is 11.9 Å². The first-order chi connectivity index (χ1) is 12.5. The zero-order chi connectivity index (χ0) is 18.5. The molecule has 4 rings (SSSR count). The Morgan fingerprint density at radius 1 is 1.00 bits per heavy atom. The highest BCUT2D eigenvalue weighted by molar-refractivity contribution is 6.13. The van der Waals surface area contributed by atoms with Gasteiger partial charge in [0.25, 0.3) is 0 Å². The summed E-state index contributed by atoms with van der Waals surface area (Å²) < 4.78 is 0. The molecular weight excluding hydrogens is 322 g/mol. The fourth-order valence-corrected chi connectivity index (χ4v) is 4.63. The van der Waals surface area contributed by atoms with E-state index in [0.717, 1.165) is 11.3 Å². The van der Waals surface area contributed by atoms with Crippen molar-refractivity contribution in [3.05, 3.63) is 76.9 Å². The van der Waals surface area contributed by atoms with Crippen molar-refractivity contribution in [2.45, 2.75) is 32.1 Å². The Hall–Kier alpha value is -2.68. The van der Waals surface area contributed by atoms with Crippen molar-refractivity contribution in [1.29, 1.82) is 0 Å². The van der Waals surface area contributed by atoms with E-state index < -0.39 is 5.41 Å². The summed E-state index contributed by atoms with van der Waals surface area (Å²) in [6.07, 6.45) is 1.25. The van der Waals surface area contributed by atoms with Gasteiger partial charge in [-0.05, 0) is 38.3 Å². The Bertz CT molecular complexity index is 928. The number of para-hydroxylation sites is 1. The Kier molecular flexibility index (Phi) is 3.83. The number of amides is 1. The Labute approximate surface area is 154 Å². The SMILES string of the molecule is CC1=C(C)C[C@@]2(C(=O)c3ccccc3)c3ccccc3N(C)C(=O)[C@@H]2C1. The molecule has 3 nitrogen and oxygen atoms in total. The van der Waals surface area contributed by atoms with Crippen LogP contribution in [0.3, 0.4) is 0 Å². The van der Waals surface area contributed by atoms with Gasteiger partial charge in [-0.25, -0.2) is 0 Å². The van der Waals surface area contributed by atoms with Crippen molar-refractivity contribution >= 4 is 17.4 Å². The van der Waals surface area contributed by atoms with Crippen molar-refractivity contribution in [3.63, 3.8) is 0 Å². The molecule has 0 saturated heterocycles. The van der Waals surface area contributed by atoms with Gasteiger partial charge in [0, 0.05) is 18.3 Å². The third-order valence-electron chi connectivity index (χ3n) is 6.19. The second kappa shape index (κ2) is 5.94. The lowest BCUT2D eigenvalue weighted by Crippen LogP contribution is -2.56. The molecule has 0 unspecified atom stereocenters. The molecule has 1 aliphatic carbocycles. The number of Topliss-reactive ketones (excluding diaryl/α,β-unsaturated/α-hetero) is 1. The molecule has 1 aliphatic heterocycles. The first-order valence-electron chi connectivity index (χ1n) is 9.09. The highest BCUT2D eigenvalue weighted by atomic mass is 16.2.